The lowest BCUT2D eigenvalue weighted by Gasteiger charge is -2.33. The largest absolute Gasteiger partial charge is 0.406 e. The molecule has 2 amide bonds. The zero-order valence-electron chi connectivity index (χ0n) is 20.8. The number of hydrogen-bond donors (Lipinski definition) is 2. The number of carbonyl (C=O) groups excluding carboxylic acids is 2. The highest BCUT2D eigenvalue weighted by Crippen LogP contribution is 2.47. The van der Waals surface area contributed by atoms with Gasteiger partial charge in [0.15, 0.2) is 5.82 Å². The number of alkyl halides is 6. The number of nitrogens with zero attached hydrogens (tertiary/aromatic N) is 1. The van der Waals surface area contributed by atoms with Gasteiger partial charge in [-0.3, -0.25) is 9.59 Å². The second-order valence-electron chi connectivity index (χ2n) is 10.00. The van der Waals surface area contributed by atoms with Crippen molar-refractivity contribution in [2.24, 2.45) is 0 Å². The molecule has 2 N–H and O–H groups in total. The van der Waals surface area contributed by atoms with Gasteiger partial charge in [-0.1, -0.05) is 11.6 Å². The molecule has 218 valence electrons. The lowest BCUT2D eigenvalue weighted by atomic mass is 9.76. The quantitative estimate of drug-likeness (QED) is 0.143. The maximum atomic E-state index is 14.4. The summed E-state index contributed by atoms with van der Waals surface area (Å²) in [7, 11) is 0. The number of fused-ring (bicyclic) bond motifs is 1. The van der Waals surface area contributed by atoms with Gasteiger partial charge in [-0.25, -0.2) is 4.39 Å². The SMILES string of the molecule is CC(CC(=N)c1sc(C(=O)NC2CCN(CC(F)(F)F)C2=O)c2c1CCC2)(c1cc(Cl)c(F)c(I)c1)C(F)(F)F. The highest BCUT2D eigenvalue weighted by Gasteiger charge is 2.53. The molecule has 2 atom stereocenters. The van der Waals surface area contributed by atoms with E-state index in [0.717, 1.165) is 30.4 Å². The van der Waals surface area contributed by atoms with Crippen molar-refractivity contribution in [3.8, 4) is 0 Å². The number of hydrogen-bond acceptors (Lipinski definition) is 4. The van der Waals surface area contributed by atoms with Crippen LogP contribution in [0.1, 0.15) is 57.4 Å². The minimum atomic E-state index is -4.84. The Morgan fingerprint density at radius 2 is 1.80 bits per heavy atom. The third-order valence-electron chi connectivity index (χ3n) is 7.20. The summed E-state index contributed by atoms with van der Waals surface area (Å²) in [5.41, 5.74) is -2.14. The van der Waals surface area contributed by atoms with Crippen LogP contribution in [0.15, 0.2) is 12.1 Å². The summed E-state index contributed by atoms with van der Waals surface area (Å²) < 4.78 is 95.4. The highest BCUT2D eigenvalue weighted by molar-refractivity contribution is 14.1. The van der Waals surface area contributed by atoms with E-state index in [0.29, 0.717) is 35.3 Å². The van der Waals surface area contributed by atoms with Gasteiger partial charge in [-0.15, -0.1) is 11.3 Å². The third-order valence-corrected chi connectivity index (χ3v) is 9.59. The van der Waals surface area contributed by atoms with Crippen LogP contribution >= 0.6 is 45.5 Å². The van der Waals surface area contributed by atoms with Crippen LogP contribution in [0.5, 0.6) is 0 Å². The molecule has 0 spiro atoms. The molecule has 2 heterocycles. The van der Waals surface area contributed by atoms with E-state index in [9.17, 15) is 40.3 Å². The lowest BCUT2D eigenvalue weighted by Crippen LogP contribution is -2.43. The maximum Gasteiger partial charge on any atom is 0.406 e. The van der Waals surface area contributed by atoms with Gasteiger partial charge in [0.1, 0.15) is 12.6 Å². The molecule has 2 aliphatic rings. The Balaban J connectivity index is 1.60. The van der Waals surface area contributed by atoms with Crippen LogP contribution in [-0.4, -0.2) is 53.9 Å². The van der Waals surface area contributed by atoms with E-state index in [-0.39, 0.29) is 37.6 Å². The zero-order chi connectivity index (χ0) is 29.8. The van der Waals surface area contributed by atoms with Gasteiger partial charge in [-0.05, 0) is 84.0 Å². The predicted octanol–water partition coefficient (Wildman–Crippen LogP) is 6.81. The average molecular weight is 724 g/mol. The van der Waals surface area contributed by atoms with Gasteiger partial charge in [0, 0.05) is 13.0 Å². The summed E-state index contributed by atoms with van der Waals surface area (Å²) in [6, 6.07) is 0.787. The second-order valence-corrected chi connectivity index (χ2v) is 12.6. The van der Waals surface area contributed by atoms with Gasteiger partial charge in [0.25, 0.3) is 5.91 Å². The summed E-state index contributed by atoms with van der Waals surface area (Å²) in [5.74, 6) is -2.42. The third kappa shape index (κ3) is 5.98. The molecule has 4 rings (SSSR count). The van der Waals surface area contributed by atoms with E-state index in [1.807, 2.05) is 0 Å². The Labute approximate surface area is 247 Å². The van der Waals surface area contributed by atoms with E-state index < -0.39 is 59.4 Å². The van der Waals surface area contributed by atoms with E-state index in [2.05, 4.69) is 5.32 Å². The Kier molecular flexibility index (Phi) is 8.56. The van der Waals surface area contributed by atoms with Crippen molar-refractivity contribution in [2.45, 2.75) is 62.8 Å². The van der Waals surface area contributed by atoms with Crippen molar-refractivity contribution in [1.82, 2.24) is 10.2 Å². The van der Waals surface area contributed by atoms with Crippen LogP contribution < -0.4 is 5.32 Å². The number of likely N-dealkylation sites (tertiary alicyclic amines) is 1. The molecule has 2 unspecified atom stereocenters. The number of benzene rings is 1. The number of rotatable bonds is 7. The number of thiophene rings is 1. The molecular formula is C25H22ClF7IN3O2S. The summed E-state index contributed by atoms with van der Waals surface area (Å²) in [5, 5.41) is 10.6. The Morgan fingerprint density at radius 1 is 1.18 bits per heavy atom. The van der Waals surface area contributed by atoms with Crippen molar-refractivity contribution >= 4 is 63.1 Å². The van der Waals surface area contributed by atoms with Gasteiger partial charge in [0.2, 0.25) is 5.91 Å². The zero-order valence-corrected chi connectivity index (χ0v) is 24.5. The van der Waals surface area contributed by atoms with Crippen molar-refractivity contribution in [1.29, 1.82) is 5.41 Å². The van der Waals surface area contributed by atoms with Crippen LogP contribution in [0.25, 0.3) is 0 Å². The van der Waals surface area contributed by atoms with Crippen LogP contribution in [0.2, 0.25) is 5.02 Å². The number of halogens is 9. The highest BCUT2D eigenvalue weighted by atomic mass is 127. The Morgan fingerprint density at radius 3 is 2.38 bits per heavy atom. The van der Waals surface area contributed by atoms with Gasteiger partial charge < -0.3 is 15.6 Å². The molecule has 0 bridgehead atoms. The molecule has 40 heavy (non-hydrogen) atoms. The summed E-state index contributed by atoms with van der Waals surface area (Å²) in [4.78, 5) is 26.4. The topological polar surface area (TPSA) is 73.3 Å². The van der Waals surface area contributed by atoms with Crippen molar-refractivity contribution in [3.63, 3.8) is 0 Å². The minimum absolute atomic E-state index is 0.0140. The van der Waals surface area contributed by atoms with E-state index >= 15 is 0 Å². The average Bonchev–Trinajstić information content (AvgIpc) is 3.52. The monoisotopic (exact) mass is 723 g/mol. The van der Waals surface area contributed by atoms with E-state index in [4.69, 9.17) is 17.0 Å². The molecule has 1 aromatic heterocycles. The van der Waals surface area contributed by atoms with E-state index in [1.54, 1.807) is 22.6 Å². The smallest absolute Gasteiger partial charge is 0.339 e. The molecule has 1 aliphatic carbocycles. The molecule has 2 aromatic rings. The molecular weight excluding hydrogens is 702 g/mol. The second kappa shape index (κ2) is 11.0. The number of carbonyl (C=O) groups is 2. The maximum absolute atomic E-state index is 14.4. The summed E-state index contributed by atoms with van der Waals surface area (Å²) in [6.07, 6.45) is -8.78. The Hall–Kier alpha value is -1.94. The predicted molar refractivity (Wildman–Crippen MR) is 144 cm³/mol. The molecule has 0 radical (unpaired) electrons. The minimum Gasteiger partial charge on any atom is -0.339 e. The first kappa shape index (κ1) is 31.0. The molecule has 1 saturated heterocycles. The summed E-state index contributed by atoms with van der Waals surface area (Å²) >= 11 is 8.22. The fourth-order valence-electron chi connectivity index (χ4n) is 5.04. The van der Waals surface area contributed by atoms with Crippen molar-refractivity contribution in [3.05, 3.63) is 53.0 Å². The Bertz CT molecular complexity index is 1350. The first-order valence-electron chi connectivity index (χ1n) is 12.0. The van der Waals surface area contributed by atoms with Crippen LogP contribution in [0.3, 0.4) is 0 Å². The number of amides is 2. The van der Waals surface area contributed by atoms with Crippen LogP contribution in [0.4, 0.5) is 30.7 Å². The molecule has 5 nitrogen and oxygen atoms in total. The molecule has 1 aliphatic heterocycles. The fourth-order valence-corrected chi connectivity index (χ4v) is 7.29. The molecule has 1 aromatic carbocycles. The van der Waals surface area contributed by atoms with E-state index in [1.165, 1.54) is 0 Å². The molecule has 1 fully saturated rings. The number of nitrogens with one attached hydrogen (secondary N) is 2. The molecule has 0 saturated carbocycles. The van der Waals surface area contributed by atoms with Crippen molar-refractivity contribution in [2.75, 3.05) is 13.1 Å². The summed E-state index contributed by atoms with van der Waals surface area (Å²) in [6.45, 7) is -0.699. The van der Waals surface area contributed by atoms with Gasteiger partial charge >= 0.3 is 12.4 Å². The van der Waals surface area contributed by atoms with Crippen LogP contribution in [0, 0.1) is 14.8 Å². The standard InChI is InChI=1S/C25H22ClF7IN3O2S/c1-23(25(31,32)33,11-7-14(26)18(27)15(34)8-11)9-16(35)19-12-3-2-4-13(12)20(40-19)21(38)36-17-5-6-37(22(17)39)10-24(28,29)30/h7-8,17,35H,2-6,9-10H2,1H3,(H,36,38). The first-order valence-corrected chi connectivity index (χ1v) is 14.3. The lowest BCUT2D eigenvalue weighted by molar-refractivity contribution is -0.183. The fraction of sp³-hybridized carbons (Fsp3) is 0.480. The van der Waals surface area contributed by atoms with Crippen LogP contribution in [-0.2, 0) is 23.1 Å². The van der Waals surface area contributed by atoms with Gasteiger partial charge in [0.05, 0.1) is 29.5 Å². The first-order chi connectivity index (χ1) is 18.4. The molecule has 15 heteroatoms. The van der Waals surface area contributed by atoms with Gasteiger partial charge in [-0.2, -0.15) is 26.3 Å². The van der Waals surface area contributed by atoms with Crippen molar-refractivity contribution < 1.29 is 40.3 Å². The normalized spacial score (nSPS) is 19.1.